The number of aliphatic hydroxyl groups excluding tert-OH is 1. The second-order valence-electron chi connectivity index (χ2n) is 5.76. The van der Waals surface area contributed by atoms with Crippen molar-refractivity contribution in [1.82, 2.24) is 0 Å². The lowest BCUT2D eigenvalue weighted by Gasteiger charge is -2.29. The average molecular weight is 236 g/mol. The van der Waals surface area contributed by atoms with Gasteiger partial charge in [-0.25, -0.2) is 0 Å². The summed E-state index contributed by atoms with van der Waals surface area (Å²) < 4.78 is 5.38. The Bertz CT molecular complexity index is 364. The molecule has 0 aliphatic heterocycles. The minimum Gasteiger partial charge on any atom is -0.496 e. The van der Waals surface area contributed by atoms with Crippen LogP contribution in [0.15, 0.2) is 18.2 Å². The predicted molar refractivity (Wildman–Crippen MR) is 71.5 cm³/mol. The number of benzene rings is 1. The number of rotatable bonds is 4. The molecule has 0 amide bonds. The number of hydrogen-bond donors (Lipinski definition) is 1. The lowest BCUT2D eigenvalue weighted by molar-refractivity contribution is 0.130. The van der Waals surface area contributed by atoms with E-state index in [0.29, 0.717) is 0 Å². The highest BCUT2D eigenvalue weighted by Crippen LogP contribution is 2.31. The van der Waals surface area contributed by atoms with Gasteiger partial charge in [0.05, 0.1) is 7.11 Å². The van der Waals surface area contributed by atoms with E-state index >= 15 is 0 Å². The summed E-state index contributed by atoms with van der Waals surface area (Å²) in [4.78, 5) is 0. The molecule has 2 nitrogen and oxygen atoms in total. The maximum atomic E-state index is 9.52. The number of ether oxygens (including phenoxy) is 1. The van der Waals surface area contributed by atoms with Crippen molar-refractivity contribution >= 4 is 0 Å². The van der Waals surface area contributed by atoms with Gasteiger partial charge in [-0.15, -0.1) is 0 Å². The summed E-state index contributed by atoms with van der Waals surface area (Å²) in [5, 5.41) is 9.52. The summed E-state index contributed by atoms with van der Waals surface area (Å²) >= 11 is 0. The van der Waals surface area contributed by atoms with Gasteiger partial charge in [0, 0.05) is 6.61 Å². The van der Waals surface area contributed by atoms with Crippen molar-refractivity contribution < 1.29 is 9.84 Å². The Morgan fingerprint density at radius 1 is 1.29 bits per heavy atom. The van der Waals surface area contributed by atoms with Crippen LogP contribution in [-0.2, 0) is 6.42 Å². The average Bonchev–Trinajstić information content (AvgIpc) is 2.24. The predicted octanol–water partition coefficient (Wildman–Crippen LogP) is 3.20. The van der Waals surface area contributed by atoms with E-state index in [4.69, 9.17) is 4.74 Å². The molecule has 2 heteroatoms. The number of aliphatic hydroxyl groups is 1. The first kappa shape index (κ1) is 14.0. The van der Waals surface area contributed by atoms with Gasteiger partial charge in [0.1, 0.15) is 5.75 Å². The van der Waals surface area contributed by atoms with Crippen molar-refractivity contribution in [1.29, 1.82) is 0 Å². The zero-order valence-electron chi connectivity index (χ0n) is 11.6. The van der Waals surface area contributed by atoms with E-state index in [1.165, 1.54) is 11.1 Å². The van der Waals surface area contributed by atoms with Gasteiger partial charge in [-0.1, -0.05) is 38.5 Å². The minimum atomic E-state index is 0.101. The second kappa shape index (κ2) is 5.54. The molecule has 0 bridgehead atoms. The summed E-state index contributed by atoms with van der Waals surface area (Å²) in [6, 6.07) is 6.20. The third kappa shape index (κ3) is 3.74. The molecule has 1 N–H and O–H groups in total. The van der Waals surface area contributed by atoms with Gasteiger partial charge in [0.15, 0.2) is 0 Å². The SMILES string of the molecule is COc1ccc(C)cc1CC(CO)C(C)(C)C. The molecule has 17 heavy (non-hydrogen) atoms. The molecule has 1 aromatic rings. The van der Waals surface area contributed by atoms with Crippen LogP contribution >= 0.6 is 0 Å². The van der Waals surface area contributed by atoms with E-state index in [0.717, 1.165) is 12.2 Å². The quantitative estimate of drug-likeness (QED) is 0.870. The first-order chi connectivity index (χ1) is 7.88. The highest BCUT2D eigenvalue weighted by atomic mass is 16.5. The van der Waals surface area contributed by atoms with Crippen LogP contribution in [0, 0.1) is 18.3 Å². The Hall–Kier alpha value is -1.02. The van der Waals surface area contributed by atoms with Crippen LogP contribution in [0.5, 0.6) is 5.75 Å². The van der Waals surface area contributed by atoms with Crippen molar-refractivity contribution in [2.24, 2.45) is 11.3 Å². The van der Waals surface area contributed by atoms with Gasteiger partial charge in [-0.2, -0.15) is 0 Å². The Kier molecular flexibility index (Phi) is 4.58. The molecule has 1 rings (SSSR count). The molecule has 0 aliphatic carbocycles. The summed E-state index contributed by atoms with van der Waals surface area (Å²) in [5.41, 5.74) is 2.51. The Morgan fingerprint density at radius 3 is 2.41 bits per heavy atom. The lowest BCUT2D eigenvalue weighted by atomic mass is 9.77. The third-order valence-electron chi connectivity index (χ3n) is 3.35. The van der Waals surface area contributed by atoms with Crippen molar-refractivity contribution in [2.45, 2.75) is 34.1 Å². The smallest absolute Gasteiger partial charge is 0.122 e. The molecule has 1 aromatic carbocycles. The normalized spacial score (nSPS) is 13.5. The van der Waals surface area contributed by atoms with E-state index in [1.807, 2.05) is 12.1 Å². The summed E-state index contributed by atoms with van der Waals surface area (Å²) in [6.07, 6.45) is 0.852. The molecule has 0 heterocycles. The zero-order valence-corrected chi connectivity index (χ0v) is 11.6. The van der Waals surface area contributed by atoms with Gasteiger partial charge in [0.2, 0.25) is 0 Å². The molecular formula is C15H24O2. The molecule has 0 aliphatic rings. The first-order valence-electron chi connectivity index (χ1n) is 6.13. The minimum absolute atomic E-state index is 0.101. The van der Waals surface area contributed by atoms with Crippen LogP contribution in [0.1, 0.15) is 31.9 Å². The second-order valence-corrected chi connectivity index (χ2v) is 5.76. The summed E-state index contributed by atoms with van der Waals surface area (Å²) in [6.45, 7) is 8.77. The molecule has 0 radical (unpaired) electrons. The fourth-order valence-corrected chi connectivity index (χ4v) is 1.98. The van der Waals surface area contributed by atoms with Crippen LogP contribution < -0.4 is 4.74 Å². The van der Waals surface area contributed by atoms with Crippen LogP contribution in [0.25, 0.3) is 0 Å². The van der Waals surface area contributed by atoms with Crippen LogP contribution in [0.3, 0.4) is 0 Å². The van der Waals surface area contributed by atoms with Crippen molar-refractivity contribution in [3.63, 3.8) is 0 Å². The van der Waals surface area contributed by atoms with E-state index < -0.39 is 0 Å². The fourth-order valence-electron chi connectivity index (χ4n) is 1.98. The summed E-state index contributed by atoms with van der Waals surface area (Å²) in [5.74, 6) is 1.16. The molecule has 0 aromatic heterocycles. The Labute approximate surface area is 105 Å². The monoisotopic (exact) mass is 236 g/mol. The van der Waals surface area contributed by atoms with Gasteiger partial charge in [-0.3, -0.25) is 0 Å². The highest BCUT2D eigenvalue weighted by Gasteiger charge is 2.25. The van der Waals surface area contributed by atoms with Crippen molar-refractivity contribution in [2.75, 3.05) is 13.7 Å². The van der Waals surface area contributed by atoms with E-state index in [-0.39, 0.29) is 17.9 Å². The molecule has 0 spiro atoms. The zero-order chi connectivity index (χ0) is 13.1. The molecule has 0 fully saturated rings. The molecule has 1 atom stereocenters. The highest BCUT2D eigenvalue weighted by molar-refractivity contribution is 5.37. The maximum absolute atomic E-state index is 9.52. The fraction of sp³-hybridized carbons (Fsp3) is 0.600. The number of aryl methyl sites for hydroxylation is 1. The van der Waals surface area contributed by atoms with Crippen molar-refractivity contribution in [3.8, 4) is 5.75 Å². The van der Waals surface area contributed by atoms with Crippen LogP contribution in [0.2, 0.25) is 0 Å². The Balaban J connectivity index is 2.96. The van der Waals surface area contributed by atoms with Gasteiger partial charge >= 0.3 is 0 Å². The molecule has 0 saturated carbocycles. The largest absolute Gasteiger partial charge is 0.496 e. The number of hydrogen-bond acceptors (Lipinski definition) is 2. The molecule has 96 valence electrons. The van der Waals surface area contributed by atoms with E-state index in [9.17, 15) is 5.11 Å². The maximum Gasteiger partial charge on any atom is 0.122 e. The first-order valence-corrected chi connectivity index (χ1v) is 6.13. The Morgan fingerprint density at radius 2 is 1.94 bits per heavy atom. The molecule has 0 saturated heterocycles. The van der Waals surface area contributed by atoms with Gasteiger partial charge in [0.25, 0.3) is 0 Å². The van der Waals surface area contributed by atoms with Crippen molar-refractivity contribution in [3.05, 3.63) is 29.3 Å². The standard InChI is InChI=1S/C15H24O2/c1-11-6-7-14(17-5)12(8-11)9-13(10-16)15(2,3)4/h6-8,13,16H,9-10H2,1-5H3. The van der Waals surface area contributed by atoms with Gasteiger partial charge < -0.3 is 9.84 Å². The van der Waals surface area contributed by atoms with Crippen LogP contribution in [0.4, 0.5) is 0 Å². The number of methoxy groups -OCH3 is 1. The van der Waals surface area contributed by atoms with Gasteiger partial charge in [-0.05, 0) is 36.3 Å². The van der Waals surface area contributed by atoms with Crippen LogP contribution in [-0.4, -0.2) is 18.8 Å². The molecule has 1 unspecified atom stereocenters. The lowest BCUT2D eigenvalue weighted by Crippen LogP contribution is -2.26. The third-order valence-corrected chi connectivity index (χ3v) is 3.35. The topological polar surface area (TPSA) is 29.5 Å². The van der Waals surface area contributed by atoms with E-state index in [1.54, 1.807) is 7.11 Å². The van der Waals surface area contributed by atoms with E-state index in [2.05, 4.69) is 33.8 Å². The molecular weight excluding hydrogens is 212 g/mol. The summed E-state index contributed by atoms with van der Waals surface area (Å²) in [7, 11) is 1.69.